The molecule has 1 saturated carbocycles. The van der Waals surface area contributed by atoms with Crippen LogP contribution in [0.5, 0.6) is 0 Å². The van der Waals surface area contributed by atoms with Gasteiger partial charge in [-0.05, 0) is 18.8 Å². The highest BCUT2D eigenvalue weighted by molar-refractivity contribution is 9.09. The van der Waals surface area contributed by atoms with Crippen LogP contribution >= 0.6 is 15.9 Å². The third kappa shape index (κ3) is 4.15. The highest BCUT2D eigenvalue weighted by Crippen LogP contribution is 2.28. The molecule has 0 aromatic rings. The van der Waals surface area contributed by atoms with Crippen LogP contribution in [0.15, 0.2) is 0 Å². The minimum absolute atomic E-state index is 0.726. The van der Waals surface area contributed by atoms with Crippen molar-refractivity contribution in [3.8, 4) is 0 Å². The summed E-state index contributed by atoms with van der Waals surface area (Å²) >= 11 is 3.60. The lowest BCUT2D eigenvalue weighted by Crippen LogP contribution is -2.07. The van der Waals surface area contributed by atoms with E-state index in [2.05, 4.69) is 22.9 Å². The summed E-state index contributed by atoms with van der Waals surface area (Å²) in [6.07, 6.45) is 10.3. The van der Waals surface area contributed by atoms with Crippen LogP contribution in [0, 0.1) is 5.92 Å². The first kappa shape index (κ1) is 9.57. The topological polar surface area (TPSA) is 0 Å². The fraction of sp³-hybridized carbons (Fsp3) is 1.00. The lowest BCUT2D eigenvalue weighted by Gasteiger charge is -2.21. The van der Waals surface area contributed by atoms with E-state index in [1.54, 1.807) is 0 Å². The van der Waals surface area contributed by atoms with E-state index in [9.17, 15) is 0 Å². The summed E-state index contributed by atoms with van der Waals surface area (Å²) in [5, 5.41) is 0. The average Bonchev–Trinajstić information content (AvgIpc) is 2.03. The summed E-state index contributed by atoms with van der Waals surface area (Å²) < 4.78 is 0. The number of hydrogen-bond acceptors (Lipinski definition) is 0. The zero-order valence-electron chi connectivity index (χ0n) is 7.48. The Morgan fingerprint density at radius 3 is 2.45 bits per heavy atom. The Bertz CT molecular complexity index is 93.0. The molecule has 0 aromatic heterocycles. The van der Waals surface area contributed by atoms with Crippen LogP contribution in [-0.4, -0.2) is 4.83 Å². The van der Waals surface area contributed by atoms with Crippen molar-refractivity contribution in [1.29, 1.82) is 0 Å². The first-order valence-electron chi connectivity index (χ1n) is 4.93. The van der Waals surface area contributed by atoms with E-state index in [-0.39, 0.29) is 0 Å². The zero-order chi connectivity index (χ0) is 8.10. The smallest absolute Gasteiger partial charge is 0.0117 e. The van der Waals surface area contributed by atoms with Gasteiger partial charge in [0.15, 0.2) is 0 Å². The molecule has 0 N–H and O–H groups in total. The monoisotopic (exact) mass is 218 g/mol. The third-order valence-corrected chi connectivity index (χ3v) is 3.16. The molecular weight excluding hydrogens is 200 g/mol. The van der Waals surface area contributed by atoms with Gasteiger partial charge < -0.3 is 0 Å². The Morgan fingerprint density at radius 2 is 1.91 bits per heavy atom. The lowest BCUT2D eigenvalue weighted by atomic mass is 9.86. The maximum absolute atomic E-state index is 3.60. The molecule has 1 aliphatic rings. The lowest BCUT2D eigenvalue weighted by molar-refractivity contribution is 0.333. The van der Waals surface area contributed by atoms with E-state index in [0.29, 0.717) is 0 Å². The molecule has 0 nitrogen and oxygen atoms in total. The minimum atomic E-state index is 0.726. The summed E-state index contributed by atoms with van der Waals surface area (Å²) in [5.74, 6) is 1.06. The van der Waals surface area contributed by atoms with Gasteiger partial charge in [-0.1, -0.05) is 55.0 Å². The average molecular weight is 219 g/mol. The van der Waals surface area contributed by atoms with Crippen LogP contribution in [0.4, 0.5) is 0 Å². The highest BCUT2D eigenvalue weighted by Gasteiger charge is 2.13. The van der Waals surface area contributed by atoms with Gasteiger partial charge in [-0.3, -0.25) is 0 Å². The largest absolute Gasteiger partial charge is 0.0894 e. The van der Waals surface area contributed by atoms with Gasteiger partial charge in [0, 0.05) is 4.83 Å². The van der Waals surface area contributed by atoms with Crippen LogP contribution in [-0.2, 0) is 0 Å². The molecule has 0 heterocycles. The standard InChI is InChI=1S/C10H19Br/c1-9(11)7-8-10-5-3-2-4-6-10/h9-10H,2-8H2,1H3. The SMILES string of the molecule is CC(Br)CCC1CCCCC1. The van der Waals surface area contributed by atoms with Crippen molar-refractivity contribution >= 4 is 15.9 Å². The first-order chi connectivity index (χ1) is 5.29. The van der Waals surface area contributed by atoms with E-state index in [0.717, 1.165) is 10.7 Å². The van der Waals surface area contributed by atoms with Crippen LogP contribution in [0.25, 0.3) is 0 Å². The molecule has 1 fully saturated rings. The van der Waals surface area contributed by atoms with E-state index in [4.69, 9.17) is 0 Å². The van der Waals surface area contributed by atoms with Crippen LogP contribution in [0.3, 0.4) is 0 Å². The minimum Gasteiger partial charge on any atom is -0.0894 e. The van der Waals surface area contributed by atoms with Gasteiger partial charge in [0.25, 0.3) is 0 Å². The Hall–Kier alpha value is 0.480. The van der Waals surface area contributed by atoms with Crippen molar-refractivity contribution in [2.24, 2.45) is 5.92 Å². The van der Waals surface area contributed by atoms with Gasteiger partial charge in [0.2, 0.25) is 0 Å². The number of alkyl halides is 1. The molecule has 0 radical (unpaired) electrons. The summed E-state index contributed by atoms with van der Waals surface area (Å²) in [4.78, 5) is 0.726. The second-order valence-corrected chi connectivity index (χ2v) is 5.43. The molecule has 1 rings (SSSR count). The fourth-order valence-corrected chi connectivity index (χ4v) is 2.21. The number of rotatable bonds is 3. The van der Waals surface area contributed by atoms with Gasteiger partial charge >= 0.3 is 0 Å². The second-order valence-electron chi connectivity index (χ2n) is 3.86. The maximum Gasteiger partial charge on any atom is 0.0117 e. The zero-order valence-corrected chi connectivity index (χ0v) is 9.07. The molecular formula is C10H19Br. The quantitative estimate of drug-likeness (QED) is 0.626. The summed E-state index contributed by atoms with van der Waals surface area (Å²) in [6, 6.07) is 0. The number of halogens is 1. The van der Waals surface area contributed by atoms with Gasteiger partial charge in [0.05, 0.1) is 0 Å². The molecule has 0 saturated heterocycles. The molecule has 0 amide bonds. The van der Waals surface area contributed by atoms with Crippen molar-refractivity contribution < 1.29 is 0 Å². The predicted octanol–water partition coefficient (Wildman–Crippen LogP) is 4.13. The van der Waals surface area contributed by atoms with E-state index < -0.39 is 0 Å². The molecule has 66 valence electrons. The van der Waals surface area contributed by atoms with E-state index in [1.807, 2.05) is 0 Å². The van der Waals surface area contributed by atoms with Gasteiger partial charge in [-0.15, -0.1) is 0 Å². The molecule has 0 aliphatic heterocycles. The van der Waals surface area contributed by atoms with Crippen molar-refractivity contribution in [3.05, 3.63) is 0 Å². The Kier molecular flexibility index (Phi) is 4.51. The maximum atomic E-state index is 3.60. The number of hydrogen-bond donors (Lipinski definition) is 0. The summed E-state index contributed by atoms with van der Waals surface area (Å²) in [5.41, 5.74) is 0. The van der Waals surface area contributed by atoms with Crippen molar-refractivity contribution in [2.45, 2.75) is 56.7 Å². The normalized spacial score (nSPS) is 23.5. The van der Waals surface area contributed by atoms with E-state index >= 15 is 0 Å². The molecule has 0 aromatic carbocycles. The summed E-state index contributed by atoms with van der Waals surface area (Å²) in [6.45, 7) is 2.25. The fourth-order valence-electron chi connectivity index (χ4n) is 1.94. The third-order valence-electron chi connectivity index (χ3n) is 2.70. The molecule has 11 heavy (non-hydrogen) atoms. The Morgan fingerprint density at radius 1 is 1.27 bits per heavy atom. The molecule has 1 aliphatic carbocycles. The Balaban J connectivity index is 2.05. The Labute approximate surface area is 78.9 Å². The molecule has 1 heteroatoms. The van der Waals surface area contributed by atoms with Gasteiger partial charge in [-0.25, -0.2) is 0 Å². The first-order valence-corrected chi connectivity index (χ1v) is 5.84. The van der Waals surface area contributed by atoms with Gasteiger partial charge in [-0.2, -0.15) is 0 Å². The summed E-state index contributed by atoms with van der Waals surface area (Å²) in [7, 11) is 0. The molecule has 1 atom stereocenters. The second kappa shape index (κ2) is 5.18. The van der Waals surface area contributed by atoms with Crippen LogP contribution in [0.1, 0.15) is 51.9 Å². The van der Waals surface area contributed by atoms with E-state index in [1.165, 1.54) is 44.9 Å². The predicted molar refractivity (Wildman–Crippen MR) is 54.2 cm³/mol. The van der Waals surface area contributed by atoms with Crippen molar-refractivity contribution in [3.63, 3.8) is 0 Å². The molecule has 0 bridgehead atoms. The highest BCUT2D eigenvalue weighted by atomic mass is 79.9. The molecule has 1 unspecified atom stereocenters. The van der Waals surface area contributed by atoms with Crippen molar-refractivity contribution in [2.75, 3.05) is 0 Å². The van der Waals surface area contributed by atoms with Gasteiger partial charge in [0.1, 0.15) is 0 Å². The van der Waals surface area contributed by atoms with Crippen LogP contribution in [0.2, 0.25) is 0 Å². The van der Waals surface area contributed by atoms with Crippen molar-refractivity contribution in [1.82, 2.24) is 0 Å². The van der Waals surface area contributed by atoms with Crippen LogP contribution < -0.4 is 0 Å². The molecule has 0 spiro atoms.